The first-order valence-electron chi connectivity index (χ1n) is 17.8. The van der Waals surface area contributed by atoms with E-state index in [-0.39, 0.29) is 32.6 Å². The van der Waals surface area contributed by atoms with E-state index in [1.807, 2.05) is 6.08 Å². The first-order valence-corrected chi connectivity index (χ1v) is 19.3. The zero-order chi connectivity index (χ0) is 34.7. The third-order valence-electron chi connectivity index (χ3n) is 6.92. The predicted octanol–water partition coefficient (Wildman–Crippen LogP) is 9.38. The first kappa shape index (κ1) is 44.7. The van der Waals surface area contributed by atoms with E-state index in [4.69, 9.17) is 24.3 Å². The van der Waals surface area contributed by atoms with Gasteiger partial charge in [0.1, 0.15) is 6.61 Å². The van der Waals surface area contributed by atoms with Crippen LogP contribution >= 0.6 is 7.82 Å². The molecule has 0 amide bonds. The van der Waals surface area contributed by atoms with Crippen molar-refractivity contribution >= 4 is 19.8 Å². The van der Waals surface area contributed by atoms with Crippen molar-refractivity contribution in [2.24, 2.45) is 5.73 Å². The Kier molecular flexibility index (Phi) is 32.0. The van der Waals surface area contributed by atoms with E-state index in [0.717, 1.165) is 57.8 Å². The molecule has 47 heavy (non-hydrogen) atoms. The standard InChI is InChI=1S/C37H64NO8P/c1-3-5-7-9-11-13-14-15-16-17-18-19-20-22-23-25-27-29-36(39)43-33-35(34-45-47(41,42)44-32-31-38)46-37(40)30-28-26-24-21-12-10-8-6-4-2/h5,7,11,13,15-16,18-19,22-23,35H,3-4,6,8-10,12,14,17,20-21,24-34,38H2,1-2H3,(H,41,42)/b7-5+,13-11+,16-15+,19-18+,23-22+/t35-/m0/s1. The topological polar surface area (TPSA) is 134 Å². The van der Waals surface area contributed by atoms with Crippen molar-refractivity contribution in [3.05, 3.63) is 60.8 Å². The maximum Gasteiger partial charge on any atom is 0.472 e. The van der Waals surface area contributed by atoms with E-state index < -0.39 is 32.5 Å². The number of nitrogens with two attached hydrogens (primary N) is 1. The summed E-state index contributed by atoms with van der Waals surface area (Å²) in [5, 5.41) is 0. The lowest BCUT2D eigenvalue weighted by Gasteiger charge is -2.19. The Morgan fingerprint density at radius 3 is 1.72 bits per heavy atom. The third-order valence-corrected chi connectivity index (χ3v) is 7.90. The normalized spacial score (nSPS) is 14.2. The van der Waals surface area contributed by atoms with E-state index in [9.17, 15) is 19.0 Å². The zero-order valence-corrected chi connectivity index (χ0v) is 30.1. The van der Waals surface area contributed by atoms with E-state index in [2.05, 4.69) is 68.5 Å². The van der Waals surface area contributed by atoms with Gasteiger partial charge >= 0.3 is 19.8 Å². The van der Waals surface area contributed by atoms with Crippen LogP contribution in [0.15, 0.2) is 60.8 Å². The number of ether oxygens (including phenoxy) is 2. The number of rotatable bonds is 32. The van der Waals surface area contributed by atoms with Crippen molar-refractivity contribution < 1.29 is 37.6 Å². The minimum Gasteiger partial charge on any atom is -0.462 e. The van der Waals surface area contributed by atoms with Gasteiger partial charge in [-0.2, -0.15) is 0 Å². The molecule has 0 radical (unpaired) electrons. The summed E-state index contributed by atoms with van der Waals surface area (Å²) in [5.74, 6) is -0.907. The highest BCUT2D eigenvalue weighted by molar-refractivity contribution is 7.47. The molecule has 0 aliphatic carbocycles. The Hall–Kier alpha value is -2.29. The molecule has 0 aromatic carbocycles. The number of carbonyl (C=O) groups excluding carboxylic acids is 2. The quantitative estimate of drug-likeness (QED) is 0.0308. The van der Waals surface area contributed by atoms with Gasteiger partial charge in [0, 0.05) is 19.4 Å². The monoisotopic (exact) mass is 681 g/mol. The van der Waals surface area contributed by atoms with Crippen LogP contribution < -0.4 is 5.73 Å². The lowest BCUT2D eigenvalue weighted by atomic mass is 10.1. The molecule has 0 bridgehead atoms. The van der Waals surface area contributed by atoms with Crippen molar-refractivity contribution in [1.29, 1.82) is 0 Å². The molecule has 0 saturated heterocycles. The molecule has 270 valence electrons. The second-order valence-corrected chi connectivity index (χ2v) is 12.8. The fourth-order valence-corrected chi connectivity index (χ4v) is 5.08. The van der Waals surface area contributed by atoms with Gasteiger partial charge in [-0.25, -0.2) is 4.57 Å². The molecule has 0 saturated carbocycles. The van der Waals surface area contributed by atoms with Crippen LogP contribution in [0.1, 0.15) is 129 Å². The summed E-state index contributed by atoms with van der Waals surface area (Å²) in [7, 11) is -4.38. The van der Waals surface area contributed by atoms with Gasteiger partial charge in [0.15, 0.2) is 6.10 Å². The lowest BCUT2D eigenvalue weighted by molar-refractivity contribution is -0.161. The summed E-state index contributed by atoms with van der Waals surface area (Å²) < 4.78 is 32.5. The van der Waals surface area contributed by atoms with Gasteiger partial charge < -0.3 is 20.1 Å². The Morgan fingerprint density at radius 1 is 0.660 bits per heavy atom. The second-order valence-electron chi connectivity index (χ2n) is 11.4. The van der Waals surface area contributed by atoms with Gasteiger partial charge in [-0.1, -0.05) is 126 Å². The third kappa shape index (κ3) is 33.4. The smallest absolute Gasteiger partial charge is 0.462 e. The van der Waals surface area contributed by atoms with Crippen molar-refractivity contribution in [3.8, 4) is 0 Å². The molecule has 0 aromatic rings. The highest BCUT2D eigenvalue weighted by Crippen LogP contribution is 2.43. The second kappa shape index (κ2) is 33.6. The van der Waals surface area contributed by atoms with Gasteiger partial charge in [-0.05, 0) is 51.4 Å². The molecule has 0 aromatic heterocycles. The average molecular weight is 682 g/mol. The van der Waals surface area contributed by atoms with Gasteiger partial charge in [-0.15, -0.1) is 0 Å². The molecule has 0 heterocycles. The van der Waals surface area contributed by atoms with Crippen molar-refractivity contribution in [1.82, 2.24) is 0 Å². The molecule has 0 fully saturated rings. The van der Waals surface area contributed by atoms with E-state index in [0.29, 0.717) is 12.8 Å². The Balaban J connectivity index is 4.34. The van der Waals surface area contributed by atoms with Crippen LogP contribution in [-0.4, -0.2) is 49.3 Å². The lowest BCUT2D eigenvalue weighted by Crippen LogP contribution is -2.29. The Morgan fingerprint density at radius 2 is 1.17 bits per heavy atom. The Labute approximate surface area is 285 Å². The fraction of sp³-hybridized carbons (Fsp3) is 0.676. The number of carbonyl (C=O) groups is 2. The first-order chi connectivity index (χ1) is 22.8. The summed E-state index contributed by atoms with van der Waals surface area (Å²) in [6.07, 6.45) is 37.0. The minimum absolute atomic E-state index is 0.0439. The molecule has 10 heteroatoms. The summed E-state index contributed by atoms with van der Waals surface area (Å²) in [6.45, 7) is 3.49. The Bertz CT molecular complexity index is 960. The number of allylic oxidation sites excluding steroid dienone is 10. The molecule has 0 aliphatic rings. The molecule has 0 spiro atoms. The molecule has 2 atom stereocenters. The van der Waals surface area contributed by atoms with E-state index in [1.54, 1.807) is 0 Å². The highest BCUT2D eigenvalue weighted by Gasteiger charge is 2.25. The number of hydrogen-bond donors (Lipinski definition) is 2. The zero-order valence-electron chi connectivity index (χ0n) is 29.2. The summed E-state index contributed by atoms with van der Waals surface area (Å²) in [5.41, 5.74) is 5.31. The van der Waals surface area contributed by atoms with Crippen LogP contribution in [0.5, 0.6) is 0 Å². The fourth-order valence-electron chi connectivity index (χ4n) is 4.31. The van der Waals surface area contributed by atoms with Crippen LogP contribution in [0.4, 0.5) is 0 Å². The molecular weight excluding hydrogens is 617 g/mol. The summed E-state index contributed by atoms with van der Waals surface area (Å²) in [4.78, 5) is 34.5. The van der Waals surface area contributed by atoms with Crippen LogP contribution in [0, 0.1) is 0 Å². The summed E-state index contributed by atoms with van der Waals surface area (Å²) in [6, 6.07) is 0. The van der Waals surface area contributed by atoms with E-state index in [1.165, 1.54) is 32.1 Å². The average Bonchev–Trinajstić information content (AvgIpc) is 3.05. The van der Waals surface area contributed by atoms with Crippen LogP contribution in [-0.2, 0) is 32.7 Å². The van der Waals surface area contributed by atoms with Crippen molar-refractivity contribution in [3.63, 3.8) is 0 Å². The minimum atomic E-state index is -4.38. The largest absolute Gasteiger partial charge is 0.472 e. The SMILES string of the molecule is CC/C=C/C/C=C/C/C=C/C/C=C/C/C=C/CCCC(=O)OC[C@@H](COP(=O)(O)OCCN)OC(=O)CCCCCCCCCCC. The maximum absolute atomic E-state index is 12.4. The number of esters is 2. The molecule has 1 unspecified atom stereocenters. The molecular formula is C37H64NO8P. The molecule has 9 nitrogen and oxygen atoms in total. The van der Waals surface area contributed by atoms with Crippen LogP contribution in [0.3, 0.4) is 0 Å². The maximum atomic E-state index is 12.4. The van der Waals surface area contributed by atoms with Crippen molar-refractivity contribution in [2.45, 2.75) is 136 Å². The number of phosphoric ester groups is 1. The molecule has 3 N–H and O–H groups in total. The number of phosphoric acid groups is 1. The number of unbranched alkanes of at least 4 members (excludes halogenated alkanes) is 9. The molecule has 0 aliphatic heterocycles. The van der Waals surface area contributed by atoms with Gasteiger partial charge in [0.2, 0.25) is 0 Å². The highest BCUT2D eigenvalue weighted by atomic mass is 31.2. The van der Waals surface area contributed by atoms with E-state index >= 15 is 0 Å². The van der Waals surface area contributed by atoms with Gasteiger partial charge in [0.05, 0.1) is 13.2 Å². The van der Waals surface area contributed by atoms with Crippen LogP contribution in [0.25, 0.3) is 0 Å². The molecule has 0 rings (SSSR count). The summed E-state index contributed by atoms with van der Waals surface area (Å²) >= 11 is 0. The van der Waals surface area contributed by atoms with Crippen LogP contribution in [0.2, 0.25) is 0 Å². The van der Waals surface area contributed by atoms with Gasteiger partial charge in [0.25, 0.3) is 0 Å². The predicted molar refractivity (Wildman–Crippen MR) is 192 cm³/mol. The number of hydrogen-bond acceptors (Lipinski definition) is 8. The van der Waals surface area contributed by atoms with Gasteiger partial charge in [-0.3, -0.25) is 18.6 Å². The van der Waals surface area contributed by atoms with Crippen molar-refractivity contribution in [2.75, 3.05) is 26.4 Å².